The molecule has 0 bridgehead atoms. The van der Waals surface area contributed by atoms with Crippen LogP contribution in [0.4, 0.5) is 13.2 Å². The van der Waals surface area contributed by atoms with E-state index in [-0.39, 0.29) is 13.0 Å². The van der Waals surface area contributed by atoms with Gasteiger partial charge < -0.3 is 10.4 Å². The van der Waals surface area contributed by atoms with E-state index in [1.807, 2.05) is 0 Å². The summed E-state index contributed by atoms with van der Waals surface area (Å²) in [4.78, 5) is 20.8. The van der Waals surface area contributed by atoms with Gasteiger partial charge in [-0.3, -0.25) is 9.59 Å². The van der Waals surface area contributed by atoms with E-state index in [1.54, 1.807) is 0 Å². The number of carboxylic acids is 1. The smallest absolute Gasteiger partial charge is 0.397 e. The maximum Gasteiger partial charge on any atom is 0.397 e. The van der Waals surface area contributed by atoms with Crippen molar-refractivity contribution in [2.45, 2.75) is 38.3 Å². The number of halogens is 3. The van der Waals surface area contributed by atoms with Crippen LogP contribution in [0.3, 0.4) is 0 Å². The highest BCUT2D eigenvalue weighted by atomic mass is 19.4. The molecule has 0 aromatic carbocycles. The number of rotatable bonds is 7. The van der Waals surface area contributed by atoms with E-state index < -0.39 is 24.5 Å². The molecule has 94 valence electrons. The third kappa shape index (κ3) is 10.8. The summed E-state index contributed by atoms with van der Waals surface area (Å²) in [6.07, 6.45) is -4.40. The van der Waals surface area contributed by atoms with E-state index in [4.69, 9.17) is 5.11 Å². The summed E-state index contributed by atoms with van der Waals surface area (Å²) in [6, 6.07) is 0. The summed E-state index contributed by atoms with van der Waals surface area (Å²) in [6.45, 7) is 0.147. The monoisotopic (exact) mass is 241 g/mol. The molecule has 0 aliphatic carbocycles. The fourth-order valence-electron chi connectivity index (χ4n) is 1.05. The van der Waals surface area contributed by atoms with Gasteiger partial charge in [0.1, 0.15) is 6.42 Å². The van der Waals surface area contributed by atoms with E-state index in [0.717, 1.165) is 0 Å². The molecule has 0 fully saturated rings. The molecule has 16 heavy (non-hydrogen) atoms. The summed E-state index contributed by atoms with van der Waals surface area (Å²) in [7, 11) is 0. The van der Waals surface area contributed by atoms with Crippen LogP contribution in [0.15, 0.2) is 0 Å². The van der Waals surface area contributed by atoms with Gasteiger partial charge in [0.15, 0.2) is 0 Å². The van der Waals surface area contributed by atoms with E-state index in [9.17, 15) is 22.8 Å². The Bertz CT molecular complexity index is 241. The minimum absolute atomic E-state index is 0.0382. The first-order valence-corrected chi connectivity index (χ1v) is 4.86. The van der Waals surface area contributed by atoms with Gasteiger partial charge in [0, 0.05) is 13.0 Å². The maximum atomic E-state index is 11.7. The molecule has 0 unspecified atom stereocenters. The summed E-state index contributed by atoms with van der Waals surface area (Å²) in [5, 5.41) is 10.4. The van der Waals surface area contributed by atoms with Crippen molar-refractivity contribution in [2.24, 2.45) is 0 Å². The number of aliphatic carboxylic acids is 1. The van der Waals surface area contributed by atoms with Gasteiger partial charge in [-0.1, -0.05) is 6.42 Å². The summed E-state index contributed by atoms with van der Waals surface area (Å²) in [5.74, 6) is -1.95. The van der Waals surface area contributed by atoms with Crippen LogP contribution >= 0.6 is 0 Å². The highest BCUT2D eigenvalue weighted by molar-refractivity contribution is 5.76. The second-order valence-electron chi connectivity index (χ2n) is 3.35. The van der Waals surface area contributed by atoms with Crippen molar-refractivity contribution >= 4 is 11.9 Å². The maximum absolute atomic E-state index is 11.7. The molecule has 0 aliphatic heterocycles. The summed E-state index contributed by atoms with van der Waals surface area (Å²) in [5.41, 5.74) is 0. The lowest BCUT2D eigenvalue weighted by atomic mass is 10.2. The molecule has 0 aromatic rings. The van der Waals surface area contributed by atoms with E-state index >= 15 is 0 Å². The van der Waals surface area contributed by atoms with Gasteiger partial charge in [0.05, 0.1) is 0 Å². The van der Waals surface area contributed by atoms with Crippen molar-refractivity contribution in [2.75, 3.05) is 6.54 Å². The molecule has 2 N–H and O–H groups in total. The van der Waals surface area contributed by atoms with E-state index in [0.29, 0.717) is 19.3 Å². The molecular weight excluding hydrogens is 227 g/mol. The zero-order valence-electron chi connectivity index (χ0n) is 8.64. The van der Waals surface area contributed by atoms with Crippen molar-refractivity contribution in [3.05, 3.63) is 0 Å². The van der Waals surface area contributed by atoms with Crippen molar-refractivity contribution in [3.63, 3.8) is 0 Å². The number of nitrogens with one attached hydrogen (secondary N) is 1. The fourth-order valence-corrected chi connectivity index (χ4v) is 1.05. The molecule has 0 heterocycles. The van der Waals surface area contributed by atoms with Gasteiger partial charge in [-0.25, -0.2) is 0 Å². The Balaban J connectivity index is 3.38. The molecule has 0 saturated heterocycles. The number of carboxylic acid groups (broad SMARTS) is 1. The summed E-state index contributed by atoms with van der Waals surface area (Å²) >= 11 is 0. The Kier molecular flexibility index (Phi) is 6.52. The molecule has 0 saturated carbocycles. The molecule has 0 spiro atoms. The molecule has 1 amide bonds. The first-order chi connectivity index (χ1) is 7.31. The van der Waals surface area contributed by atoms with Crippen molar-refractivity contribution in [1.29, 1.82) is 0 Å². The van der Waals surface area contributed by atoms with Crippen molar-refractivity contribution in [3.8, 4) is 0 Å². The largest absolute Gasteiger partial charge is 0.481 e. The normalized spacial score (nSPS) is 11.2. The van der Waals surface area contributed by atoms with Gasteiger partial charge in [0.25, 0.3) is 0 Å². The number of unbranched alkanes of at least 4 members (excludes halogenated alkanes) is 2. The van der Waals surface area contributed by atoms with Crippen LogP contribution < -0.4 is 5.32 Å². The minimum atomic E-state index is -4.48. The van der Waals surface area contributed by atoms with Gasteiger partial charge in [0.2, 0.25) is 5.91 Å². The van der Waals surface area contributed by atoms with Crippen LogP contribution in [0.2, 0.25) is 0 Å². The van der Waals surface area contributed by atoms with Crippen molar-refractivity contribution in [1.82, 2.24) is 5.32 Å². The lowest BCUT2D eigenvalue weighted by Crippen LogP contribution is -2.29. The van der Waals surface area contributed by atoms with Gasteiger partial charge in [-0.05, 0) is 12.8 Å². The van der Waals surface area contributed by atoms with Crippen molar-refractivity contribution < 1.29 is 27.9 Å². The second kappa shape index (κ2) is 7.08. The predicted octanol–water partition coefficient (Wildman–Crippen LogP) is 1.70. The number of hydrogen-bond acceptors (Lipinski definition) is 2. The number of carbonyl (C=O) groups is 2. The average molecular weight is 241 g/mol. The first-order valence-electron chi connectivity index (χ1n) is 4.86. The third-order valence-corrected chi connectivity index (χ3v) is 1.75. The molecule has 0 radical (unpaired) electrons. The van der Waals surface area contributed by atoms with Crippen LogP contribution in [0.5, 0.6) is 0 Å². The Labute approximate surface area is 90.8 Å². The number of alkyl halides is 3. The standard InChI is InChI=1S/C9H14F3NO3/c10-9(11,12)6-7(14)13-5-3-1-2-4-8(15)16/h1-6H2,(H,13,14)(H,15,16). The lowest BCUT2D eigenvalue weighted by Gasteiger charge is -2.07. The zero-order valence-corrected chi connectivity index (χ0v) is 8.64. The SMILES string of the molecule is O=C(O)CCCCCNC(=O)CC(F)(F)F. The Hall–Kier alpha value is -1.27. The topological polar surface area (TPSA) is 66.4 Å². The predicted molar refractivity (Wildman–Crippen MR) is 49.8 cm³/mol. The quantitative estimate of drug-likeness (QED) is 0.667. The summed E-state index contributed by atoms with van der Waals surface area (Å²) < 4.78 is 35.1. The molecule has 4 nitrogen and oxygen atoms in total. The fraction of sp³-hybridized carbons (Fsp3) is 0.778. The third-order valence-electron chi connectivity index (χ3n) is 1.75. The highest BCUT2D eigenvalue weighted by Crippen LogP contribution is 2.18. The Morgan fingerprint density at radius 3 is 2.25 bits per heavy atom. The molecule has 0 rings (SSSR count). The zero-order chi connectivity index (χ0) is 12.6. The Morgan fingerprint density at radius 2 is 1.75 bits per heavy atom. The molecule has 0 aliphatic rings. The van der Waals surface area contributed by atoms with E-state index in [1.165, 1.54) is 0 Å². The average Bonchev–Trinajstić information content (AvgIpc) is 2.07. The number of amides is 1. The van der Waals surface area contributed by atoms with Crippen LogP contribution in [0.1, 0.15) is 32.1 Å². The molecular formula is C9H14F3NO3. The lowest BCUT2D eigenvalue weighted by molar-refractivity contribution is -0.153. The minimum Gasteiger partial charge on any atom is -0.481 e. The van der Waals surface area contributed by atoms with Gasteiger partial charge in [-0.2, -0.15) is 13.2 Å². The molecule has 0 aromatic heterocycles. The van der Waals surface area contributed by atoms with Gasteiger partial charge in [-0.15, -0.1) is 0 Å². The Morgan fingerprint density at radius 1 is 1.12 bits per heavy atom. The first kappa shape index (κ1) is 14.7. The van der Waals surface area contributed by atoms with Crippen LogP contribution in [-0.4, -0.2) is 29.7 Å². The number of carbonyl (C=O) groups excluding carboxylic acids is 1. The van der Waals surface area contributed by atoms with E-state index in [2.05, 4.69) is 5.32 Å². The van der Waals surface area contributed by atoms with Gasteiger partial charge >= 0.3 is 12.1 Å². The number of hydrogen-bond donors (Lipinski definition) is 2. The molecule has 7 heteroatoms. The van der Waals surface area contributed by atoms with Crippen LogP contribution in [0, 0.1) is 0 Å². The second-order valence-corrected chi connectivity index (χ2v) is 3.35. The van der Waals surface area contributed by atoms with Crippen LogP contribution in [0.25, 0.3) is 0 Å². The molecule has 0 atom stereocenters. The highest BCUT2D eigenvalue weighted by Gasteiger charge is 2.30. The van der Waals surface area contributed by atoms with Crippen LogP contribution in [-0.2, 0) is 9.59 Å².